The summed E-state index contributed by atoms with van der Waals surface area (Å²) in [6.07, 6.45) is 7.34. The van der Waals surface area contributed by atoms with Crippen molar-refractivity contribution in [3.05, 3.63) is 50.7 Å². The van der Waals surface area contributed by atoms with Gasteiger partial charge in [0.25, 0.3) is 0 Å². The van der Waals surface area contributed by atoms with Crippen LogP contribution in [0.25, 0.3) is 0 Å². The van der Waals surface area contributed by atoms with Gasteiger partial charge < -0.3 is 4.74 Å². The minimum Gasteiger partial charge on any atom is -0.493 e. The first-order valence-electron chi connectivity index (χ1n) is 7.82. The fourth-order valence-corrected chi connectivity index (χ4v) is 4.94. The molecule has 1 atom stereocenters. The predicted molar refractivity (Wildman–Crippen MR) is 88.9 cm³/mol. The summed E-state index contributed by atoms with van der Waals surface area (Å²) in [5.41, 5.74) is 4.05. The zero-order valence-electron chi connectivity index (χ0n) is 12.0. The number of ether oxygens (including phenoxy) is 1. The van der Waals surface area contributed by atoms with Crippen LogP contribution in [0, 0.1) is 0 Å². The molecule has 21 heavy (non-hydrogen) atoms. The standard InChI is InChI=1S/C18H19ClOS/c19-18(17-11-13-4-1-2-6-16(13)21-17)14-7-8-15-12(10-14)5-3-9-20-15/h7-8,10-11,18H,1-6,9H2. The quantitative estimate of drug-likeness (QED) is 0.684. The molecule has 2 heterocycles. The van der Waals surface area contributed by atoms with Gasteiger partial charge in [-0.25, -0.2) is 0 Å². The van der Waals surface area contributed by atoms with Crippen LogP contribution in [0.4, 0.5) is 0 Å². The van der Waals surface area contributed by atoms with Crippen LogP contribution in [-0.2, 0) is 19.3 Å². The van der Waals surface area contributed by atoms with Crippen molar-refractivity contribution in [3.63, 3.8) is 0 Å². The van der Waals surface area contributed by atoms with Gasteiger partial charge in [0.2, 0.25) is 0 Å². The molecule has 1 aliphatic carbocycles. The van der Waals surface area contributed by atoms with Crippen molar-refractivity contribution < 1.29 is 4.74 Å². The number of halogens is 1. The molecule has 2 aliphatic rings. The van der Waals surface area contributed by atoms with Gasteiger partial charge in [0.15, 0.2) is 0 Å². The van der Waals surface area contributed by atoms with Gasteiger partial charge >= 0.3 is 0 Å². The highest BCUT2D eigenvalue weighted by Gasteiger charge is 2.20. The Kier molecular flexibility index (Phi) is 3.68. The monoisotopic (exact) mass is 318 g/mol. The lowest BCUT2D eigenvalue weighted by molar-refractivity contribution is 0.288. The molecule has 0 fully saturated rings. The van der Waals surface area contributed by atoms with E-state index in [0.29, 0.717) is 0 Å². The van der Waals surface area contributed by atoms with Gasteiger partial charge in [-0.1, -0.05) is 12.1 Å². The van der Waals surface area contributed by atoms with Crippen molar-refractivity contribution in [2.45, 2.75) is 43.9 Å². The maximum Gasteiger partial charge on any atom is 0.122 e. The van der Waals surface area contributed by atoms with E-state index in [1.54, 1.807) is 4.88 Å². The van der Waals surface area contributed by atoms with Crippen LogP contribution in [0.2, 0.25) is 0 Å². The van der Waals surface area contributed by atoms with E-state index in [9.17, 15) is 0 Å². The smallest absolute Gasteiger partial charge is 0.122 e. The van der Waals surface area contributed by atoms with Gasteiger partial charge in [-0.3, -0.25) is 0 Å². The average molecular weight is 319 g/mol. The van der Waals surface area contributed by atoms with Gasteiger partial charge in [-0.2, -0.15) is 0 Å². The van der Waals surface area contributed by atoms with Crippen LogP contribution in [-0.4, -0.2) is 6.61 Å². The first-order valence-corrected chi connectivity index (χ1v) is 9.08. The third-order valence-corrected chi connectivity index (χ3v) is 6.41. The summed E-state index contributed by atoms with van der Waals surface area (Å²) in [6.45, 7) is 0.842. The average Bonchev–Trinajstić information content (AvgIpc) is 2.97. The van der Waals surface area contributed by atoms with Gasteiger partial charge in [0.05, 0.1) is 12.0 Å². The summed E-state index contributed by atoms with van der Waals surface area (Å²) in [7, 11) is 0. The predicted octanol–water partition coefficient (Wildman–Crippen LogP) is 5.28. The highest BCUT2D eigenvalue weighted by molar-refractivity contribution is 7.12. The van der Waals surface area contributed by atoms with Gasteiger partial charge in [0, 0.05) is 9.75 Å². The lowest BCUT2D eigenvalue weighted by Gasteiger charge is -2.19. The van der Waals surface area contributed by atoms with Crippen LogP contribution in [0.3, 0.4) is 0 Å². The molecule has 0 amide bonds. The summed E-state index contributed by atoms with van der Waals surface area (Å²) in [4.78, 5) is 2.86. The van der Waals surface area contributed by atoms with E-state index in [1.165, 1.54) is 47.3 Å². The Bertz CT molecular complexity index is 638. The zero-order valence-corrected chi connectivity index (χ0v) is 13.6. The van der Waals surface area contributed by atoms with Crippen molar-refractivity contribution in [2.75, 3.05) is 6.61 Å². The fourth-order valence-electron chi connectivity index (χ4n) is 3.34. The van der Waals surface area contributed by atoms with E-state index in [1.807, 2.05) is 11.3 Å². The molecule has 0 bridgehead atoms. The molecule has 1 aliphatic heterocycles. The number of rotatable bonds is 2. The Hall–Kier alpha value is -0.990. The molecule has 4 rings (SSSR count). The number of thiophene rings is 1. The number of alkyl halides is 1. The molecule has 0 radical (unpaired) electrons. The lowest BCUT2D eigenvalue weighted by atomic mass is 9.98. The maximum atomic E-state index is 6.76. The fraction of sp³-hybridized carbons (Fsp3) is 0.444. The number of benzene rings is 1. The van der Waals surface area contributed by atoms with E-state index in [-0.39, 0.29) is 5.38 Å². The highest BCUT2D eigenvalue weighted by atomic mass is 35.5. The Morgan fingerprint density at radius 1 is 1.00 bits per heavy atom. The molecule has 0 spiro atoms. The Morgan fingerprint density at radius 3 is 2.76 bits per heavy atom. The van der Waals surface area contributed by atoms with Crippen molar-refractivity contribution in [1.29, 1.82) is 0 Å². The minimum absolute atomic E-state index is 0.0205. The second-order valence-electron chi connectivity index (χ2n) is 5.99. The summed E-state index contributed by atoms with van der Waals surface area (Å²) in [6, 6.07) is 8.80. The summed E-state index contributed by atoms with van der Waals surface area (Å²) in [5, 5.41) is -0.0205. The SMILES string of the molecule is ClC(c1ccc2c(c1)CCCO2)c1cc2c(s1)CCCC2. The first kappa shape index (κ1) is 13.7. The molecule has 2 aromatic rings. The van der Waals surface area contributed by atoms with Crippen molar-refractivity contribution in [3.8, 4) is 5.75 Å². The molecule has 110 valence electrons. The third-order valence-electron chi connectivity index (χ3n) is 4.49. The lowest BCUT2D eigenvalue weighted by Crippen LogP contribution is -2.08. The van der Waals surface area contributed by atoms with Crippen LogP contribution >= 0.6 is 22.9 Å². The summed E-state index contributed by atoms with van der Waals surface area (Å²) >= 11 is 8.68. The normalized spacial score (nSPS) is 18.5. The number of hydrogen-bond acceptors (Lipinski definition) is 2. The van der Waals surface area contributed by atoms with Gasteiger partial charge in [-0.05, 0) is 67.3 Å². The van der Waals surface area contributed by atoms with Gasteiger partial charge in [0.1, 0.15) is 5.75 Å². The van der Waals surface area contributed by atoms with Crippen LogP contribution in [0.15, 0.2) is 24.3 Å². The van der Waals surface area contributed by atoms with Crippen molar-refractivity contribution >= 4 is 22.9 Å². The Balaban J connectivity index is 1.64. The molecule has 1 nitrogen and oxygen atoms in total. The van der Waals surface area contributed by atoms with Gasteiger partial charge in [-0.15, -0.1) is 22.9 Å². The highest BCUT2D eigenvalue weighted by Crippen LogP contribution is 2.39. The third kappa shape index (κ3) is 2.60. The molecular weight excluding hydrogens is 300 g/mol. The van der Waals surface area contributed by atoms with E-state index >= 15 is 0 Å². The number of hydrogen-bond donors (Lipinski definition) is 0. The topological polar surface area (TPSA) is 9.23 Å². The van der Waals surface area contributed by atoms with Crippen LogP contribution in [0.1, 0.15) is 51.1 Å². The molecule has 0 saturated carbocycles. The van der Waals surface area contributed by atoms with Crippen molar-refractivity contribution in [2.24, 2.45) is 0 Å². The molecule has 1 aromatic carbocycles. The second kappa shape index (κ2) is 5.66. The Labute approximate surface area is 134 Å². The summed E-state index contributed by atoms with van der Waals surface area (Å²) in [5.74, 6) is 1.04. The molecule has 1 unspecified atom stereocenters. The molecule has 0 N–H and O–H groups in total. The van der Waals surface area contributed by atoms with Crippen LogP contribution < -0.4 is 4.74 Å². The second-order valence-corrected chi connectivity index (χ2v) is 7.59. The van der Waals surface area contributed by atoms with E-state index in [2.05, 4.69) is 24.3 Å². The number of fused-ring (bicyclic) bond motifs is 2. The minimum atomic E-state index is -0.0205. The Morgan fingerprint density at radius 2 is 1.86 bits per heavy atom. The van der Waals surface area contributed by atoms with E-state index in [4.69, 9.17) is 16.3 Å². The largest absolute Gasteiger partial charge is 0.493 e. The maximum absolute atomic E-state index is 6.76. The molecule has 1 aromatic heterocycles. The first-order chi connectivity index (χ1) is 10.3. The summed E-state index contributed by atoms with van der Waals surface area (Å²) < 4.78 is 5.69. The van der Waals surface area contributed by atoms with E-state index in [0.717, 1.165) is 25.2 Å². The van der Waals surface area contributed by atoms with E-state index < -0.39 is 0 Å². The zero-order chi connectivity index (χ0) is 14.2. The van der Waals surface area contributed by atoms with Crippen LogP contribution in [0.5, 0.6) is 5.75 Å². The molecule has 0 saturated heterocycles. The molecular formula is C18H19ClOS. The van der Waals surface area contributed by atoms with Crippen molar-refractivity contribution in [1.82, 2.24) is 0 Å². The molecule has 3 heteroatoms. The number of aryl methyl sites for hydroxylation is 3.